The molecular formula is C38H37F2N2O10+. The van der Waals surface area contributed by atoms with Crippen LogP contribution in [0.5, 0.6) is 34.5 Å². The van der Waals surface area contributed by atoms with Crippen LogP contribution in [0.25, 0.3) is 5.57 Å². The van der Waals surface area contributed by atoms with Gasteiger partial charge in [-0.15, -0.1) is 0 Å². The van der Waals surface area contributed by atoms with Crippen molar-refractivity contribution in [1.29, 1.82) is 0 Å². The molecule has 0 amide bonds. The lowest BCUT2D eigenvalue weighted by atomic mass is 9.91. The molecule has 0 atom stereocenters. The molecule has 4 aromatic carbocycles. The molecule has 272 valence electrons. The van der Waals surface area contributed by atoms with E-state index in [0.717, 1.165) is 29.8 Å². The summed E-state index contributed by atoms with van der Waals surface area (Å²) in [6, 6.07) is 15.1. The third kappa shape index (κ3) is 7.71. The lowest BCUT2D eigenvalue weighted by Crippen LogP contribution is -2.39. The molecule has 0 fully saturated rings. The van der Waals surface area contributed by atoms with Gasteiger partial charge in [-0.05, 0) is 54.1 Å². The minimum absolute atomic E-state index is 0.0278. The van der Waals surface area contributed by atoms with Crippen LogP contribution in [0.4, 0.5) is 14.5 Å². The molecule has 6 rings (SSSR count). The van der Waals surface area contributed by atoms with Gasteiger partial charge in [-0.3, -0.25) is 4.79 Å². The summed E-state index contributed by atoms with van der Waals surface area (Å²) < 4.78 is 65.7. The maximum absolute atomic E-state index is 14.8. The Bertz CT molecular complexity index is 2100. The predicted molar refractivity (Wildman–Crippen MR) is 184 cm³/mol. The standard InChI is InChI=1S/C38H36F2N2O10/c1-22-4-6-28-34(14-22)50-12-13-51-35-15-23(38-24-16-26(39)30(43)18-32(24)52-33-19-31(44)27(40)17-25(33)38)5-7-29(35)42(21-37(46)48-3)9-11-49-10-8-41(28)20-36(45)47-2/h4-7,14-19H,8-13,20-21H2,1-3H3,(H,43,44)/p+1. The molecule has 0 unspecified atom stereocenters. The molecule has 2 heterocycles. The Kier molecular flexibility index (Phi) is 10.7. The van der Waals surface area contributed by atoms with Crippen molar-refractivity contribution in [1.82, 2.24) is 4.58 Å². The van der Waals surface area contributed by atoms with Gasteiger partial charge in [0.25, 0.3) is 0 Å². The second-order valence-electron chi connectivity index (χ2n) is 12.0. The van der Waals surface area contributed by atoms with Gasteiger partial charge in [0.1, 0.15) is 43.6 Å². The van der Waals surface area contributed by atoms with Crippen molar-refractivity contribution in [2.75, 3.05) is 71.7 Å². The van der Waals surface area contributed by atoms with Crippen molar-refractivity contribution in [2.24, 2.45) is 0 Å². The number of benzene rings is 4. The summed E-state index contributed by atoms with van der Waals surface area (Å²) in [6.07, 6.45) is 0. The first kappa shape index (κ1) is 35.9. The fourth-order valence-electron chi connectivity index (χ4n) is 6.03. The highest BCUT2D eigenvalue weighted by Crippen LogP contribution is 2.46. The van der Waals surface area contributed by atoms with E-state index in [1.807, 2.05) is 25.1 Å². The second-order valence-corrected chi connectivity index (χ2v) is 12.0. The van der Waals surface area contributed by atoms with Gasteiger partial charge < -0.3 is 43.5 Å². The van der Waals surface area contributed by atoms with Crippen molar-refractivity contribution < 1.29 is 57.0 Å². The van der Waals surface area contributed by atoms with Gasteiger partial charge in [0.15, 0.2) is 35.4 Å². The zero-order chi connectivity index (χ0) is 36.9. The summed E-state index contributed by atoms with van der Waals surface area (Å²) in [5.74, 6) is -3.11. The Morgan fingerprint density at radius 3 is 2.10 bits per heavy atom. The zero-order valence-electron chi connectivity index (χ0n) is 28.7. The van der Waals surface area contributed by atoms with Crippen LogP contribution in [0.15, 0.2) is 60.7 Å². The first-order chi connectivity index (χ1) is 25.1. The molecule has 4 aromatic rings. The minimum Gasteiger partial charge on any atom is -0.505 e. The molecule has 12 nitrogen and oxygen atoms in total. The Morgan fingerprint density at radius 2 is 1.44 bits per heavy atom. The smallest absolute Gasteiger partial charge is 0.371 e. The summed E-state index contributed by atoms with van der Waals surface area (Å²) in [5, 5.41) is 21.2. The minimum atomic E-state index is -0.921. The normalized spacial score (nSPS) is 14.5. The molecule has 0 saturated heterocycles. The molecular weight excluding hydrogens is 682 g/mol. The Hall–Kier alpha value is -5.89. The monoisotopic (exact) mass is 719 g/mol. The lowest BCUT2D eigenvalue weighted by Gasteiger charge is -2.26. The number of rotatable bonds is 4. The topological polar surface area (TPSA) is 136 Å². The summed E-state index contributed by atoms with van der Waals surface area (Å²) in [4.78, 5) is 26.7. The summed E-state index contributed by atoms with van der Waals surface area (Å²) >= 11 is 0. The number of anilines is 1. The number of carbonyl (C=O) groups is 2. The third-order valence-electron chi connectivity index (χ3n) is 8.61. The number of hydrogen-bond acceptors (Lipinski definition) is 11. The fourth-order valence-corrected chi connectivity index (χ4v) is 6.03. The number of aromatic hydroxyl groups is 2. The van der Waals surface area contributed by atoms with E-state index in [2.05, 4.69) is 0 Å². The average Bonchev–Trinajstić information content (AvgIpc) is 3.12. The van der Waals surface area contributed by atoms with Gasteiger partial charge in [-0.25, -0.2) is 18.2 Å². The number of ether oxygens (including phenoxy) is 6. The van der Waals surface area contributed by atoms with E-state index in [1.54, 1.807) is 27.7 Å². The number of hydrogen-bond donors (Lipinski definition) is 2. The van der Waals surface area contributed by atoms with Crippen LogP contribution < -0.4 is 34.3 Å². The van der Waals surface area contributed by atoms with Crippen LogP contribution in [0.3, 0.4) is 0 Å². The lowest BCUT2D eigenvalue weighted by molar-refractivity contribution is -0.140. The summed E-state index contributed by atoms with van der Waals surface area (Å²) in [6.45, 7) is 2.81. The molecule has 2 aliphatic rings. The second kappa shape index (κ2) is 15.6. The van der Waals surface area contributed by atoms with Crippen LogP contribution in [0, 0.1) is 18.6 Å². The molecule has 0 spiro atoms. The summed E-state index contributed by atoms with van der Waals surface area (Å²) in [5.41, 5.74) is 2.37. The molecule has 2 N–H and O–H groups in total. The zero-order valence-corrected chi connectivity index (χ0v) is 28.7. The van der Waals surface area contributed by atoms with Crippen LogP contribution in [0.2, 0.25) is 0 Å². The van der Waals surface area contributed by atoms with Crippen molar-refractivity contribution in [3.8, 4) is 34.5 Å². The Balaban J connectivity index is 1.49. The van der Waals surface area contributed by atoms with Crippen molar-refractivity contribution in [3.05, 3.63) is 99.6 Å². The molecule has 14 heteroatoms. The molecule has 2 aliphatic heterocycles. The quantitative estimate of drug-likeness (QED) is 0.210. The van der Waals surface area contributed by atoms with Crippen molar-refractivity contribution in [2.45, 2.75) is 6.92 Å². The van der Waals surface area contributed by atoms with E-state index >= 15 is 0 Å². The molecule has 0 bridgehead atoms. The predicted octanol–water partition coefficient (Wildman–Crippen LogP) is 3.17. The van der Waals surface area contributed by atoms with Gasteiger partial charge >= 0.3 is 11.9 Å². The van der Waals surface area contributed by atoms with E-state index in [9.17, 15) is 28.6 Å². The van der Waals surface area contributed by atoms with Crippen LogP contribution >= 0.6 is 0 Å². The van der Waals surface area contributed by atoms with Gasteiger partial charge in [-0.1, -0.05) is 6.07 Å². The highest BCUT2D eigenvalue weighted by molar-refractivity contribution is 5.88. The Morgan fingerprint density at radius 1 is 0.788 bits per heavy atom. The highest BCUT2D eigenvalue weighted by Gasteiger charge is 2.28. The van der Waals surface area contributed by atoms with Gasteiger partial charge in [0.2, 0.25) is 11.9 Å². The van der Waals surface area contributed by atoms with Crippen LogP contribution in [-0.4, -0.2) is 89.0 Å². The largest absolute Gasteiger partial charge is 0.505 e. The number of fused-ring (bicyclic) bond motifs is 4. The van der Waals surface area contributed by atoms with E-state index in [0.29, 0.717) is 39.9 Å². The van der Waals surface area contributed by atoms with Gasteiger partial charge in [0.05, 0.1) is 26.5 Å². The SMILES string of the molecule is COC(=O)CN1CCOCC[N+](CC(=O)OC)=c2ccc(=C3c4cc(F)c(O)cc4Oc4cc(O)c(F)cc43)cc2OCCOc2cc(C)ccc21. The fraction of sp³-hybridized carbons (Fsp3) is 0.289. The number of halogens is 2. The number of nitrogens with zero attached hydrogens (tertiary/aromatic N) is 2. The highest BCUT2D eigenvalue weighted by atomic mass is 19.1. The molecule has 0 saturated carbocycles. The Labute approximate surface area is 297 Å². The number of phenolic OH excluding ortho intramolecular Hbond substituents is 2. The van der Waals surface area contributed by atoms with Gasteiger partial charge in [-0.2, -0.15) is 0 Å². The van der Waals surface area contributed by atoms with E-state index in [1.165, 1.54) is 14.2 Å². The molecule has 52 heavy (non-hydrogen) atoms. The number of aryl methyl sites for hydroxylation is 1. The molecule has 0 aliphatic carbocycles. The van der Waals surface area contributed by atoms with E-state index < -0.39 is 35.1 Å². The van der Waals surface area contributed by atoms with Crippen LogP contribution in [-0.2, 0) is 23.8 Å². The third-order valence-corrected chi connectivity index (χ3v) is 8.61. The first-order valence-corrected chi connectivity index (χ1v) is 16.4. The summed E-state index contributed by atoms with van der Waals surface area (Å²) in [7, 11) is 2.60. The number of carbonyl (C=O) groups excluding carboxylic acids is 2. The van der Waals surface area contributed by atoms with E-state index in [4.69, 9.17) is 28.4 Å². The molecule has 0 aromatic heterocycles. The number of methoxy groups -OCH3 is 2. The average molecular weight is 720 g/mol. The van der Waals surface area contributed by atoms with Crippen molar-refractivity contribution in [3.63, 3.8) is 0 Å². The van der Waals surface area contributed by atoms with Gasteiger partial charge in [0, 0.05) is 41.4 Å². The maximum Gasteiger partial charge on any atom is 0.371 e. The first-order valence-electron chi connectivity index (χ1n) is 16.4. The number of phenols is 2. The molecule has 0 radical (unpaired) electrons. The number of esters is 2. The van der Waals surface area contributed by atoms with Crippen LogP contribution in [0.1, 0.15) is 16.7 Å². The van der Waals surface area contributed by atoms with Crippen molar-refractivity contribution >= 4 is 23.2 Å². The maximum atomic E-state index is 14.8. The van der Waals surface area contributed by atoms with E-state index in [-0.39, 0.29) is 68.7 Å².